The van der Waals surface area contributed by atoms with E-state index in [0.29, 0.717) is 28.0 Å². The first-order valence-electron chi connectivity index (χ1n) is 8.39. The van der Waals surface area contributed by atoms with Crippen LogP contribution in [-0.4, -0.2) is 30.1 Å². The Bertz CT molecular complexity index is 1010. The molecule has 0 bridgehead atoms. The number of carbonyl (C=O) groups is 1. The van der Waals surface area contributed by atoms with E-state index in [1.165, 1.54) is 13.4 Å². The molecule has 0 saturated carbocycles. The fraction of sp³-hybridized carbons (Fsp3) is 0.150. The third-order valence-electron chi connectivity index (χ3n) is 4.08. The molecule has 8 heteroatoms. The fourth-order valence-electron chi connectivity index (χ4n) is 2.53. The molecule has 0 radical (unpaired) electrons. The zero-order valence-electron chi connectivity index (χ0n) is 15.6. The van der Waals surface area contributed by atoms with Crippen LogP contribution in [0.4, 0.5) is 17.2 Å². The lowest BCUT2D eigenvalue weighted by Crippen LogP contribution is -2.15. The lowest BCUT2D eigenvalue weighted by Gasteiger charge is -2.12. The number of halogens is 1. The minimum atomic E-state index is -0.403. The highest BCUT2D eigenvalue weighted by atomic mass is 35.5. The van der Waals surface area contributed by atoms with E-state index in [1.807, 2.05) is 25.1 Å². The number of anilines is 3. The lowest BCUT2D eigenvalue weighted by molar-refractivity contribution is 0.102. The second-order valence-corrected chi connectivity index (χ2v) is 6.25. The van der Waals surface area contributed by atoms with E-state index in [-0.39, 0.29) is 5.69 Å². The van der Waals surface area contributed by atoms with Crippen molar-refractivity contribution in [2.75, 3.05) is 24.9 Å². The van der Waals surface area contributed by atoms with E-state index in [9.17, 15) is 4.79 Å². The van der Waals surface area contributed by atoms with Crippen LogP contribution in [0.2, 0.25) is 5.02 Å². The molecule has 2 aromatic carbocycles. The van der Waals surface area contributed by atoms with Gasteiger partial charge < -0.3 is 20.1 Å². The molecular weight excluding hydrogens is 380 g/mol. The van der Waals surface area contributed by atoms with Crippen molar-refractivity contribution in [2.45, 2.75) is 6.92 Å². The molecule has 0 saturated heterocycles. The molecule has 28 heavy (non-hydrogen) atoms. The summed E-state index contributed by atoms with van der Waals surface area (Å²) in [5.74, 6) is 1.18. The summed E-state index contributed by atoms with van der Waals surface area (Å²) in [7, 11) is 3.07. The molecular formula is C20H19ClN4O3. The van der Waals surface area contributed by atoms with Gasteiger partial charge in [-0.25, -0.2) is 9.97 Å². The van der Waals surface area contributed by atoms with E-state index in [2.05, 4.69) is 20.6 Å². The van der Waals surface area contributed by atoms with Crippen LogP contribution in [0, 0.1) is 6.92 Å². The number of rotatable bonds is 6. The molecule has 1 heterocycles. The Balaban J connectivity index is 1.82. The van der Waals surface area contributed by atoms with E-state index in [1.54, 1.807) is 31.4 Å². The molecule has 0 aliphatic heterocycles. The Hall–Kier alpha value is -3.32. The van der Waals surface area contributed by atoms with Gasteiger partial charge in [0.2, 0.25) is 0 Å². The maximum absolute atomic E-state index is 12.7. The van der Waals surface area contributed by atoms with Crippen molar-refractivity contribution in [3.63, 3.8) is 0 Å². The summed E-state index contributed by atoms with van der Waals surface area (Å²) in [4.78, 5) is 20.9. The zero-order valence-corrected chi connectivity index (χ0v) is 16.4. The Morgan fingerprint density at radius 2 is 1.86 bits per heavy atom. The maximum Gasteiger partial charge on any atom is 0.274 e. The van der Waals surface area contributed by atoms with Gasteiger partial charge in [-0.1, -0.05) is 17.7 Å². The Kier molecular flexibility index (Phi) is 5.96. The molecule has 1 amide bonds. The van der Waals surface area contributed by atoms with Gasteiger partial charge in [0.25, 0.3) is 5.91 Å². The number of nitrogens with zero attached hydrogens (tertiary/aromatic N) is 2. The van der Waals surface area contributed by atoms with Crippen molar-refractivity contribution in [1.82, 2.24) is 9.97 Å². The summed E-state index contributed by atoms with van der Waals surface area (Å²) < 4.78 is 10.5. The molecule has 0 atom stereocenters. The number of ether oxygens (including phenoxy) is 2. The van der Waals surface area contributed by atoms with Crippen molar-refractivity contribution in [2.24, 2.45) is 0 Å². The highest BCUT2D eigenvalue weighted by Gasteiger charge is 2.13. The van der Waals surface area contributed by atoms with Gasteiger partial charge in [0.15, 0.2) is 0 Å². The lowest BCUT2D eigenvalue weighted by atomic mass is 10.2. The van der Waals surface area contributed by atoms with Crippen molar-refractivity contribution in [1.29, 1.82) is 0 Å². The van der Waals surface area contributed by atoms with Gasteiger partial charge in [-0.2, -0.15) is 0 Å². The number of amides is 1. The second kappa shape index (κ2) is 8.58. The summed E-state index contributed by atoms with van der Waals surface area (Å²) in [5.41, 5.74) is 2.36. The topological polar surface area (TPSA) is 85.4 Å². The molecule has 0 fully saturated rings. The second-order valence-electron chi connectivity index (χ2n) is 5.85. The van der Waals surface area contributed by atoms with Gasteiger partial charge in [0.1, 0.15) is 29.3 Å². The summed E-state index contributed by atoms with van der Waals surface area (Å²) in [6.45, 7) is 1.90. The van der Waals surface area contributed by atoms with Crippen LogP contribution in [0.5, 0.6) is 11.5 Å². The average molecular weight is 399 g/mol. The number of carbonyl (C=O) groups excluding carboxylic acids is 1. The normalized spacial score (nSPS) is 10.3. The van der Waals surface area contributed by atoms with Crippen LogP contribution in [0.3, 0.4) is 0 Å². The number of hydrogen-bond acceptors (Lipinski definition) is 6. The van der Waals surface area contributed by atoms with Crippen LogP contribution in [0.25, 0.3) is 0 Å². The quantitative estimate of drug-likeness (QED) is 0.638. The van der Waals surface area contributed by atoms with Crippen LogP contribution >= 0.6 is 11.6 Å². The third kappa shape index (κ3) is 4.32. The average Bonchev–Trinajstić information content (AvgIpc) is 2.71. The number of methoxy groups -OCH3 is 2. The number of aromatic nitrogens is 2. The standard InChI is InChI=1S/C20H19ClN4O3/c1-12-14(21)5-4-6-15(12)24-19-10-17(22-11-23-19)20(26)25-16-9-13(27-2)7-8-18(16)28-3/h4-11H,1-3H3,(H,25,26)(H,22,23,24). The van der Waals surface area contributed by atoms with Crippen molar-refractivity contribution < 1.29 is 14.3 Å². The molecule has 0 aliphatic rings. The first kappa shape index (κ1) is 19.4. The summed E-state index contributed by atoms with van der Waals surface area (Å²) in [6.07, 6.45) is 1.32. The maximum atomic E-state index is 12.7. The summed E-state index contributed by atoms with van der Waals surface area (Å²) >= 11 is 6.15. The Morgan fingerprint density at radius 1 is 1.04 bits per heavy atom. The van der Waals surface area contributed by atoms with Crippen LogP contribution in [0.15, 0.2) is 48.8 Å². The van der Waals surface area contributed by atoms with Crippen molar-refractivity contribution >= 4 is 34.7 Å². The van der Waals surface area contributed by atoms with Crippen LogP contribution in [-0.2, 0) is 0 Å². The van der Waals surface area contributed by atoms with Gasteiger partial charge in [-0.05, 0) is 36.8 Å². The first-order chi connectivity index (χ1) is 13.5. The van der Waals surface area contributed by atoms with Gasteiger partial charge in [-0.15, -0.1) is 0 Å². The molecule has 7 nitrogen and oxygen atoms in total. The summed E-state index contributed by atoms with van der Waals surface area (Å²) in [6, 6.07) is 12.2. The highest BCUT2D eigenvalue weighted by Crippen LogP contribution is 2.29. The predicted octanol–water partition coefficient (Wildman–Crippen LogP) is 4.45. The minimum absolute atomic E-state index is 0.196. The Morgan fingerprint density at radius 3 is 2.61 bits per heavy atom. The molecule has 0 unspecified atom stereocenters. The van der Waals surface area contributed by atoms with Gasteiger partial charge in [0, 0.05) is 22.8 Å². The SMILES string of the molecule is COc1ccc(OC)c(NC(=O)c2cc(Nc3cccc(Cl)c3C)ncn2)c1. The van der Waals surface area contributed by atoms with Gasteiger partial charge >= 0.3 is 0 Å². The molecule has 3 aromatic rings. The van der Waals surface area contributed by atoms with E-state index in [4.69, 9.17) is 21.1 Å². The van der Waals surface area contributed by atoms with Gasteiger partial charge in [0.05, 0.1) is 19.9 Å². The molecule has 3 rings (SSSR count). The van der Waals surface area contributed by atoms with Crippen LogP contribution < -0.4 is 20.1 Å². The largest absolute Gasteiger partial charge is 0.497 e. The van der Waals surface area contributed by atoms with E-state index < -0.39 is 5.91 Å². The van der Waals surface area contributed by atoms with E-state index >= 15 is 0 Å². The molecule has 1 aromatic heterocycles. The summed E-state index contributed by atoms with van der Waals surface area (Å²) in [5, 5.41) is 6.57. The molecule has 0 spiro atoms. The number of benzene rings is 2. The highest BCUT2D eigenvalue weighted by molar-refractivity contribution is 6.31. The Labute approximate surface area is 167 Å². The van der Waals surface area contributed by atoms with Crippen LogP contribution in [0.1, 0.15) is 16.1 Å². The number of nitrogens with one attached hydrogen (secondary N) is 2. The monoisotopic (exact) mass is 398 g/mol. The van der Waals surface area contributed by atoms with E-state index in [0.717, 1.165) is 11.3 Å². The zero-order chi connectivity index (χ0) is 20.1. The predicted molar refractivity (Wildman–Crippen MR) is 109 cm³/mol. The molecule has 144 valence electrons. The smallest absolute Gasteiger partial charge is 0.274 e. The van der Waals surface area contributed by atoms with Crippen molar-refractivity contribution in [3.8, 4) is 11.5 Å². The third-order valence-corrected chi connectivity index (χ3v) is 4.49. The minimum Gasteiger partial charge on any atom is -0.497 e. The fourth-order valence-corrected chi connectivity index (χ4v) is 2.70. The van der Waals surface area contributed by atoms with Crippen molar-refractivity contribution in [3.05, 3.63) is 65.1 Å². The first-order valence-corrected chi connectivity index (χ1v) is 8.77. The number of hydrogen-bond donors (Lipinski definition) is 2. The molecule has 2 N–H and O–H groups in total. The van der Waals surface area contributed by atoms with Gasteiger partial charge in [-0.3, -0.25) is 4.79 Å². The molecule has 0 aliphatic carbocycles.